The monoisotopic (exact) mass is 162 g/mol. The molecule has 1 fully saturated rings. The van der Waals surface area contributed by atoms with Gasteiger partial charge >= 0.3 is 0 Å². The molecule has 0 radical (unpaired) electrons. The molecule has 2 heteroatoms. The molecule has 1 saturated carbocycles. The van der Waals surface area contributed by atoms with E-state index in [1.165, 1.54) is 18.4 Å². The molecule has 0 aliphatic heterocycles. The third-order valence-electron chi connectivity index (χ3n) is 2.17. The van der Waals surface area contributed by atoms with Crippen molar-refractivity contribution in [2.24, 2.45) is 0 Å². The standard InChI is InChI=1S/C10H14N2/c1-2-10(1)12-8-5-9-3-6-11-7-4-9/h3-4,6-7,10,12H,1-2,5,8H2. The highest BCUT2D eigenvalue weighted by atomic mass is 14.9. The maximum atomic E-state index is 3.98. The van der Waals surface area contributed by atoms with Crippen molar-refractivity contribution < 1.29 is 0 Å². The summed E-state index contributed by atoms with van der Waals surface area (Å²) in [6.45, 7) is 1.11. The summed E-state index contributed by atoms with van der Waals surface area (Å²) in [7, 11) is 0. The Morgan fingerprint density at radius 2 is 2.08 bits per heavy atom. The van der Waals surface area contributed by atoms with Crippen LogP contribution in [0.5, 0.6) is 0 Å². The molecule has 1 heterocycles. The van der Waals surface area contributed by atoms with E-state index in [9.17, 15) is 0 Å². The maximum absolute atomic E-state index is 3.98. The summed E-state index contributed by atoms with van der Waals surface area (Å²) in [5.41, 5.74) is 1.37. The molecule has 0 spiro atoms. The van der Waals surface area contributed by atoms with E-state index in [0.29, 0.717) is 0 Å². The first kappa shape index (κ1) is 7.74. The van der Waals surface area contributed by atoms with E-state index in [1.54, 1.807) is 0 Å². The summed E-state index contributed by atoms with van der Waals surface area (Å²) in [4.78, 5) is 3.98. The van der Waals surface area contributed by atoms with Crippen LogP contribution in [-0.4, -0.2) is 17.6 Å². The van der Waals surface area contributed by atoms with Crippen molar-refractivity contribution in [3.05, 3.63) is 30.1 Å². The number of hydrogen-bond donors (Lipinski definition) is 1. The fourth-order valence-electron chi connectivity index (χ4n) is 1.26. The lowest BCUT2D eigenvalue weighted by Gasteiger charge is -2.01. The van der Waals surface area contributed by atoms with E-state index in [4.69, 9.17) is 0 Å². The van der Waals surface area contributed by atoms with Gasteiger partial charge in [0.25, 0.3) is 0 Å². The third-order valence-corrected chi connectivity index (χ3v) is 2.17. The molecule has 0 bridgehead atoms. The zero-order valence-electron chi connectivity index (χ0n) is 7.16. The van der Waals surface area contributed by atoms with Crippen LogP contribution in [0, 0.1) is 0 Å². The first-order valence-electron chi connectivity index (χ1n) is 4.57. The summed E-state index contributed by atoms with van der Waals surface area (Å²) >= 11 is 0. The second kappa shape index (κ2) is 3.68. The molecule has 12 heavy (non-hydrogen) atoms. The van der Waals surface area contributed by atoms with Gasteiger partial charge in [-0.3, -0.25) is 4.98 Å². The minimum absolute atomic E-state index is 0.826. The average Bonchev–Trinajstić information content (AvgIpc) is 2.90. The smallest absolute Gasteiger partial charge is 0.0270 e. The normalized spacial score (nSPS) is 16.3. The van der Waals surface area contributed by atoms with Crippen LogP contribution in [0.15, 0.2) is 24.5 Å². The molecule has 1 N–H and O–H groups in total. The van der Waals surface area contributed by atoms with E-state index >= 15 is 0 Å². The van der Waals surface area contributed by atoms with Crippen LogP contribution >= 0.6 is 0 Å². The van der Waals surface area contributed by atoms with Crippen LogP contribution in [0.2, 0.25) is 0 Å². The van der Waals surface area contributed by atoms with Crippen molar-refractivity contribution in [1.82, 2.24) is 10.3 Å². The Balaban J connectivity index is 1.72. The number of aromatic nitrogens is 1. The van der Waals surface area contributed by atoms with Crippen molar-refractivity contribution in [2.75, 3.05) is 6.54 Å². The lowest BCUT2D eigenvalue weighted by Crippen LogP contribution is -2.19. The zero-order valence-corrected chi connectivity index (χ0v) is 7.16. The summed E-state index contributed by atoms with van der Waals surface area (Å²) in [5.74, 6) is 0. The second-order valence-corrected chi connectivity index (χ2v) is 3.33. The van der Waals surface area contributed by atoms with Gasteiger partial charge in [-0.2, -0.15) is 0 Å². The fourth-order valence-corrected chi connectivity index (χ4v) is 1.26. The van der Waals surface area contributed by atoms with E-state index in [2.05, 4.69) is 22.4 Å². The van der Waals surface area contributed by atoms with Crippen molar-refractivity contribution >= 4 is 0 Å². The van der Waals surface area contributed by atoms with Gasteiger partial charge in [0.05, 0.1) is 0 Å². The van der Waals surface area contributed by atoms with Gasteiger partial charge in [0.1, 0.15) is 0 Å². The van der Waals surface area contributed by atoms with Gasteiger partial charge in [-0.05, 0) is 43.5 Å². The van der Waals surface area contributed by atoms with E-state index < -0.39 is 0 Å². The minimum Gasteiger partial charge on any atom is -0.314 e. The maximum Gasteiger partial charge on any atom is 0.0270 e. The summed E-state index contributed by atoms with van der Waals surface area (Å²) in [6, 6.07) is 4.98. The Bertz CT molecular complexity index is 229. The van der Waals surface area contributed by atoms with E-state index in [0.717, 1.165) is 19.0 Å². The molecule has 2 rings (SSSR count). The molecular weight excluding hydrogens is 148 g/mol. The van der Waals surface area contributed by atoms with Crippen molar-refractivity contribution in [2.45, 2.75) is 25.3 Å². The van der Waals surface area contributed by atoms with Crippen LogP contribution in [0.3, 0.4) is 0 Å². The first-order chi connectivity index (χ1) is 5.95. The predicted molar refractivity (Wildman–Crippen MR) is 49.0 cm³/mol. The van der Waals surface area contributed by atoms with Crippen LogP contribution < -0.4 is 5.32 Å². The molecule has 1 aromatic rings. The number of pyridine rings is 1. The molecule has 1 aromatic heterocycles. The van der Waals surface area contributed by atoms with Crippen molar-refractivity contribution in [3.63, 3.8) is 0 Å². The molecule has 1 aliphatic carbocycles. The summed E-state index contributed by atoms with van der Waals surface area (Å²) in [5, 5.41) is 3.48. The number of hydrogen-bond acceptors (Lipinski definition) is 2. The Labute approximate surface area is 73.0 Å². The lowest BCUT2D eigenvalue weighted by molar-refractivity contribution is 0.682. The molecule has 0 atom stereocenters. The zero-order chi connectivity index (χ0) is 8.23. The molecule has 0 amide bonds. The van der Waals surface area contributed by atoms with Gasteiger partial charge in [0.2, 0.25) is 0 Å². The van der Waals surface area contributed by atoms with Gasteiger partial charge in [-0.15, -0.1) is 0 Å². The minimum atomic E-state index is 0.826. The van der Waals surface area contributed by atoms with Crippen molar-refractivity contribution in [3.8, 4) is 0 Å². The Kier molecular flexibility index (Phi) is 2.37. The predicted octanol–water partition coefficient (Wildman–Crippen LogP) is 1.38. The van der Waals surface area contributed by atoms with Gasteiger partial charge in [-0.25, -0.2) is 0 Å². The Morgan fingerprint density at radius 3 is 2.75 bits per heavy atom. The van der Waals surface area contributed by atoms with Gasteiger partial charge in [-0.1, -0.05) is 0 Å². The van der Waals surface area contributed by atoms with Gasteiger partial charge < -0.3 is 5.32 Å². The van der Waals surface area contributed by atoms with Crippen LogP contribution in [0.25, 0.3) is 0 Å². The first-order valence-corrected chi connectivity index (χ1v) is 4.57. The molecule has 0 saturated heterocycles. The largest absolute Gasteiger partial charge is 0.314 e. The topological polar surface area (TPSA) is 24.9 Å². The van der Waals surface area contributed by atoms with Crippen LogP contribution in [0.4, 0.5) is 0 Å². The molecule has 2 nitrogen and oxygen atoms in total. The average molecular weight is 162 g/mol. The Morgan fingerprint density at radius 1 is 1.33 bits per heavy atom. The molecule has 0 unspecified atom stereocenters. The summed E-state index contributed by atoms with van der Waals surface area (Å²) < 4.78 is 0. The van der Waals surface area contributed by atoms with Gasteiger partial charge in [0.15, 0.2) is 0 Å². The highest BCUT2D eigenvalue weighted by molar-refractivity contribution is 5.09. The highest BCUT2D eigenvalue weighted by Gasteiger charge is 2.19. The second-order valence-electron chi connectivity index (χ2n) is 3.33. The number of nitrogens with zero attached hydrogens (tertiary/aromatic N) is 1. The van der Waals surface area contributed by atoms with Crippen LogP contribution in [-0.2, 0) is 6.42 Å². The Hall–Kier alpha value is -0.890. The number of rotatable bonds is 4. The number of nitrogens with one attached hydrogen (secondary N) is 1. The highest BCUT2D eigenvalue weighted by Crippen LogP contribution is 2.18. The van der Waals surface area contributed by atoms with E-state index in [1.807, 2.05) is 12.4 Å². The summed E-state index contributed by atoms with van der Waals surface area (Å²) in [6.07, 6.45) is 7.57. The quantitative estimate of drug-likeness (QED) is 0.723. The molecule has 64 valence electrons. The van der Waals surface area contributed by atoms with E-state index in [-0.39, 0.29) is 0 Å². The van der Waals surface area contributed by atoms with Crippen LogP contribution in [0.1, 0.15) is 18.4 Å². The molecule has 1 aliphatic rings. The molecular formula is C10H14N2. The third kappa shape index (κ3) is 2.31. The fraction of sp³-hybridized carbons (Fsp3) is 0.500. The SMILES string of the molecule is c1cc(CCNC2CC2)ccn1. The van der Waals surface area contributed by atoms with Crippen molar-refractivity contribution in [1.29, 1.82) is 0 Å². The molecule has 0 aromatic carbocycles. The van der Waals surface area contributed by atoms with Gasteiger partial charge in [0, 0.05) is 18.4 Å². The lowest BCUT2D eigenvalue weighted by atomic mass is 10.2.